The van der Waals surface area contributed by atoms with Crippen LogP contribution < -0.4 is 10.5 Å². The lowest BCUT2D eigenvalue weighted by Crippen LogP contribution is -2.41. The van der Waals surface area contributed by atoms with Crippen molar-refractivity contribution in [3.63, 3.8) is 0 Å². The molecule has 106 valence electrons. The minimum Gasteiger partial charge on any atom is -0.333 e. The summed E-state index contributed by atoms with van der Waals surface area (Å²) in [6.07, 6.45) is 6.80. The van der Waals surface area contributed by atoms with Gasteiger partial charge >= 0.3 is 0 Å². The predicted molar refractivity (Wildman–Crippen MR) is 71.1 cm³/mol. The molecule has 1 aromatic rings. The van der Waals surface area contributed by atoms with Crippen molar-refractivity contribution in [2.75, 3.05) is 6.54 Å². The molecule has 6 nitrogen and oxygen atoms in total. The second kappa shape index (κ2) is 4.88. The summed E-state index contributed by atoms with van der Waals surface area (Å²) in [6, 6.07) is -0.149. The van der Waals surface area contributed by atoms with Gasteiger partial charge in [0, 0.05) is 31.7 Å². The van der Waals surface area contributed by atoms with Crippen molar-refractivity contribution < 1.29 is 8.42 Å². The van der Waals surface area contributed by atoms with E-state index in [0.29, 0.717) is 12.5 Å². The number of aryl methyl sites for hydroxylation is 2. The van der Waals surface area contributed by atoms with Crippen molar-refractivity contribution >= 4 is 10.0 Å². The van der Waals surface area contributed by atoms with Gasteiger partial charge in [0.2, 0.25) is 0 Å². The molecule has 1 unspecified atom stereocenters. The van der Waals surface area contributed by atoms with Crippen LogP contribution in [0.3, 0.4) is 0 Å². The number of hydrogen-bond acceptors (Lipinski definition) is 4. The zero-order valence-electron chi connectivity index (χ0n) is 10.9. The summed E-state index contributed by atoms with van der Waals surface area (Å²) in [5, 5.41) is 0.142. The average molecular weight is 284 g/mol. The second-order valence-electron chi connectivity index (χ2n) is 5.45. The van der Waals surface area contributed by atoms with Crippen LogP contribution in [0, 0.1) is 5.92 Å². The molecule has 1 aliphatic carbocycles. The van der Waals surface area contributed by atoms with Gasteiger partial charge in [0.1, 0.15) is 5.82 Å². The van der Waals surface area contributed by atoms with E-state index in [1.165, 1.54) is 0 Å². The molecule has 2 heterocycles. The maximum Gasteiger partial charge on any atom is 0.259 e. The van der Waals surface area contributed by atoms with E-state index in [-0.39, 0.29) is 11.1 Å². The Labute approximate surface area is 113 Å². The van der Waals surface area contributed by atoms with Crippen LogP contribution >= 0.6 is 0 Å². The molecule has 1 saturated carbocycles. The third kappa shape index (κ3) is 2.68. The van der Waals surface area contributed by atoms with E-state index in [9.17, 15) is 8.42 Å². The van der Waals surface area contributed by atoms with Crippen LogP contribution in [0.5, 0.6) is 0 Å². The van der Waals surface area contributed by atoms with Gasteiger partial charge in [-0.25, -0.2) is 18.1 Å². The Balaban J connectivity index is 1.81. The standard InChI is InChI=1S/C12H20N4O2S/c13-7-10(9-4-5-9)15-19(17,18)12-8-16-6-2-1-3-11(16)14-12/h8-10,15H,1-7,13H2. The predicted octanol–water partition coefficient (Wildman–Crippen LogP) is 0.235. The number of nitrogens with two attached hydrogens (primary N) is 1. The fraction of sp³-hybridized carbons (Fsp3) is 0.750. The van der Waals surface area contributed by atoms with E-state index in [0.717, 1.165) is 44.5 Å². The van der Waals surface area contributed by atoms with Gasteiger partial charge in [-0.1, -0.05) is 0 Å². The van der Waals surface area contributed by atoms with Gasteiger partial charge in [0.25, 0.3) is 10.0 Å². The number of fused-ring (bicyclic) bond motifs is 1. The number of rotatable bonds is 5. The number of nitrogens with zero attached hydrogens (tertiary/aromatic N) is 2. The Morgan fingerprint density at radius 3 is 2.89 bits per heavy atom. The van der Waals surface area contributed by atoms with Crippen LogP contribution in [-0.4, -0.2) is 30.6 Å². The molecule has 19 heavy (non-hydrogen) atoms. The molecule has 0 spiro atoms. The molecule has 1 aromatic heterocycles. The molecule has 1 atom stereocenters. The Morgan fingerprint density at radius 1 is 1.47 bits per heavy atom. The van der Waals surface area contributed by atoms with Crippen LogP contribution in [-0.2, 0) is 23.0 Å². The lowest BCUT2D eigenvalue weighted by molar-refractivity contribution is 0.517. The lowest BCUT2D eigenvalue weighted by Gasteiger charge is -2.14. The molecule has 0 saturated heterocycles. The Hall–Kier alpha value is -0.920. The van der Waals surface area contributed by atoms with Gasteiger partial charge < -0.3 is 10.3 Å². The van der Waals surface area contributed by atoms with Gasteiger partial charge in [-0.3, -0.25) is 0 Å². The fourth-order valence-electron chi connectivity index (χ4n) is 2.61. The molecule has 3 rings (SSSR count). The highest BCUT2D eigenvalue weighted by molar-refractivity contribution is 7.89. The van der Waals surface area contributed by atoms with Crippen LogP contribution in [0.1, 0.15) is 31.5 Å². The molecule has 3 N–H and O–H groups in total. The lowest BCUT2D eigenvalue weighted by atomic mass is 10.2. The van der Waals surface area contributed by atoms with Crippen molar-refractivity contribution in [1.29, 1.82) is 0 Å². The van der Waals surface area contributed by atoms with Gasteiger partial charge in [0.05, 0.1) is 0 Å². The molecule has 1 fully saturated rings. The van der Waals surface area contributed by atoms with Crippen molar-refractivity contribution in [2.24, 2.45) is 11.7 Å². The Bertz CT molecular complexity index is 539. The Kier molecular flexibility index (Phi) is 3.36. The molecule has 0 amide bonds. The maximum absolute atomic E-state index is 12.3. The van der Waals surface area contributed by atoms with Crippen molar-refractivity contribution in [3.05, 3.63) is 12.0 Å². The van der Waals surface area contributed by atoms with Crippen LogP contribution in [0.15, 0.2) is 11.2 Å². The number of imidazole rings is 1. The highest BCUT2D eigenvalue weighted by Gasteiger charge is 2.34. The third-order valence-corrected chi connectivity index (χ3v) is 5.27. The van der Waals surface area contributed by atoms with Crippen LogP contribution in [0.4, 0.5) is 0 Å². The third-order valence-electron chi connectivity index (χ3n) is 3.91. The molecule has 0 aromatic carbocycles. The van der Waals surface area contributed by atoms with E-state index >= 15 is 0 Å². The summed E-state index contributed by atoms with van der Waals surface area (Å²) in [5.74, 6) is 1.28. The molecule has 0 radical (unpaired) electrons. The summed E-state index contributed by atoms with van der Waals surface area (Å²) in [6.45, 7) is 1.21. The largest absolute Gasteiger partial charge is 0.333 e. The van der Waals surface area contributed by atoms with Gasteiger partial charge in [0.15, 0.2) is 5.03 Å². The molecule has 1 aliphatic heterocycles. The number of sulfonamides is 1. The van der Waals surface area contributed by atoms with Crippen molar-refractivity contribution in [2.45, 2.75) is 49.7 Å². The molecular formula is C12H20N4O2S. The fourth-order valence-corrected chi connectivity index (χ4v) is 3.91. The quantitative estimate of drug-likeness (QED) is 0.810. The Morgan fingerprint density at radius 2 is 2.26 bits per heavy atom. The maximum atomic E-state index is 12.3. The molecular weight excluding hydrogens is 264 g/mol. The zero-order valence-corrected chi connectivity index (χ0v) is 11.7. The van der Waals surface area contributed by atoms with Crippen molar-refractivity contribution in [1.82, 2.24) is 14.3 Å². The van der Waals surface area contributed by atoms with E-state index in [1.54, 1.807) is 6.20 Å². The summed E-state index contributed by atoms with van der Waals surface area (Å²) < 4.78 is 29.3. The topological polar surface area (TPSA) is 90.0 Å². The minimum absolute atomic E-state index is 0.142. The summed E-state index contributed by atoms with van der Waals surface area (Å²) in [7, 11) is -3.53. The normalized spacial score (nSPS) is 21.1. The molecule has 7 heteroatoms. The molecule has 2 aliphatic rings. The summed E-state index contributed by atoms with van der Waals surface area (Å²) >= 11 is 0. The first-order chi connectivity index (χ1) is 9.10. The van der Waals surface area contributed by atoms with Crippen LogP contribution in [0.2, 0.25) is 0 Å². The average Bonchev–Trinajstić information content (AvgIpc) is 3.13. The zero-order chi connectivity index (χ0) is 13.5. The smallest absolute Gasteiger partial charge is 0.259 e. The number of nitrogens with one attached hydrogen (secondary N) is 1. The first-order valence-corrected chi connectivity index (χ1v) is 8.37. The number of hydrogen-bond donors (Lipinski definition) is 2. The van der Waals surface area contributed by atoms with Crippen molar-refractivity contribution in [3.8, 4) is 0 Å². The van der Waals surface area contributed by atoms with E-state index in [4.69, 9.17) is 5.73 Å². The highest BCUT2D eigenvalue weighted by atomic mass is 32.2. The minimum atomic E-state index is -3.53. The van der Waals surface area contributed by atoms with E-state index in [2.05, 4.69) is 9.71 Å². The highest BCUT2D eigenvalue weighted by Crippen LogP contribution is 2.32. The van der Waals surface area contributed by atoms with Gasteiger partial charge in [-0.15, -0.1) is 0 Å². The first kappa shape index (κ1) is 13.1. The summed E-state index contributed by atoms with van der Waals surface area (Å²) in [4.78, 5) is 4.26. The van der Waals surface area contributed by atoms with Crippen LogP contribution in [0.25, 0.3) is 0 Å². The number of aromatic nitrogens is 2. The van der Waals surface area contributed by atoms with E-state index < -0.39 is 10.0 Å². The summed E-state index contributed by atoms with van der Waals surface area (Å²) in [5.41, 5.74) is 5.64. The first-order valence-electron chi connectivity index (χ1n) is 6.88. The van der Waals surface area contributed by atoms with Gasteiger partial charge in [-0.2, -0.15) is 0 Å². The molecule has 0 bridgehead atoms. The monoisotopic (exact) mass is 284 g/mol. The van der Waals surface area contributed by atoms with Gasteiger partial charge in [-0.05, 0) is 31.6 Å². The second-order valence-corrected chi connectivity index (χ2v) is 7.11. The van der Waals surface area contributed by atoms with E-state index in [1.807, 2.05) is 4.57 Å². The SMILES string of the molecule is NCC(NS(=O)(=O)c1cn2c(n1)CCCC2)C1CC1.